The van der Waals surface area contributed by atoms with Crippen LogP contribution in [0.5, 0.6) is 11.5 Å². The van der Waals surface area contributed by atoms with Gasteiger partial charge in [-0.3, -0.25) is 0 Å². The Morgan fingerprint density at radius 3 is 2.18 bits per heavy atom. The first kappa shape index (κ1) is 22.0. The molecule has 4 aromatic rings. The molecule has 0 fully saturated rings. The number of carbonyl (C=O) groups excluding carboxylic acids is 1. The van der Waals surface area contributed by atoms with Crippen LogP contribution < -0.4 is 25.8 Å². The number of nitrogens with two attached hydrogens (primary N) is 1. The van der Waals surface area contributed by atoms with Crippen LogP contribution in [0.25, 0.3) is 22.1 Å². The molecule has 1 aromatic heterocycles. The Bertz CT molecular complexity index is 1260. The van der Waals surface area contributed by atoms with Gasteiger partial charge in [0.25, 0.3) is 0 Å². The fourth-order valence-corrected chi connectivity index (χ4v) is 3.56. The molecule has 3 aromatic carbocycles. The van der Waals surface area contributed by atoms with Crippen LogP contribution in [0.1, 0.15) is 19.4 Å². The second kappa shape index (κ2) is 9.52. The first-order valence-corrected chi connectivity index (χ1v) is 10.7. The van der Waals surface area contributed by atoms with Crippen molar-refractivity contribution in [3.8, 4) is 22.6 Å². The third-order valence-corrected chi connectivity index (χ3v) is 5.04. The van der Waals surface area contributed by atoms with E-state index in [9.17, 15) is 4.79 Å². The van der Waals surface area contributed by atoms with Crippen LogP contribution in [0.4, 0.5) is 22.0 Å². The van der Waals surface area contributed by atoms with Gasteiger partial charge in [0.05, 0.1) is 18.6 Å². The number of anilines is 3. The highest BCUT2D eigenvalue weighted by molar-refractivity contribution is 6.05. The third kappa shape index (κ3) is 4.69. The summed E-state index contributed by atoms with van der Waals surface area (Å²) in [7, 11) is 0. The maximum Gasteiger partial charge on any atom is 0.323 e. The maximum atomic E-state index is 12.4. The zero-order chi connectivity index (χ0) is 23.4. The molecular formula is C25H26N4O4. The van der Waals surface area contributed by atoms with Crippen molar-refractivity contribution < 1.29 is 18.8 Å². The lowest BCUT2D eigenvalue weighted by Crippen LogP contribution is -2.19. The first-order chi connectivity index (χ1) is 16.0. The van der Waals surface area contributed by atoms with Gasteiger partial charge in [0, 0.05) is 23.0 Å². The molecule has 4 N–H and O–H groups in total. The van der Waals surface area contributed by atoms with E-state index in [1.807, 2.05) is 69.3 Å². The molecule has 8 heteroatoms. The number of nitrogens with zero attached hydrogens (tertiary/aromatic N) is 1. The molecule has 0 aliphatic carbocycles. The minimum Gasteiger partial charge on any atom is -0.490 e. The Balaban J connectivity index is 1.64. The number of aromatic nitrogens is 1. The number of aryl methyl sites for hydroxylation is 1. The van der Waals surface area contributed by atoms with Crippen molar-refractivity contribution in [2.24, 2.45) is 0 Å². The van der Waals surface area contributed by atoms with Crippen molar-refractivity contribution in [1.82, 2.24) is 5.16 Å². The van der Waals surface area contributed by atoms with Gasteiger partial charge in [-0.2, -0.15) is 0 Å². The van der Waals surface area contributed by atoms with E-state index in [2.05, 4.69) is 15.8 Å². The van der Waals surface area contributed by atoms with E-state index >= 15 is 0 Å². The maximum absolute atomic E-state index is 12.4. The molecule has 8 nitrogen and oxygen atoms in total. The molecule has 0 atom stereocenters. The van der Waals surface area contributed by atoms with Crippen molar-refractivity contribution in [3.63, 3.8) is 0 Å². The summed E-state index contributed by atoms with van der Waals surface area (Å²) in [6.45, 7) is 6.71. The number of hydrogen-bond acceptors (Lipinski definition) is 6. The molecule has 4 rings (SSSR count). The molecule has 170 valence electrons. The van der Waals surface area contributed by atoms with Crippen molar-refractivity contribution >= 4 is 34.2 Å². The van der Waals surface area contributed by atoms with Crippen molar-refractivity contribution in [2.45, 2.75) is 20.8 Å². The number of ether oxygens (including phenoxy) is 2. The minimum absolute atomic E-state index is 0.267. The summed E-state index contributed by atoms with van der Waals surface area (Å²) >= 11 is 0. The Morgan fingerprint density at radius 2 is 1.58 bits per heavy atom. The van der Waals surface area contributed by atoms with Gasteiger partial charge in [0.2, 0.25) is 0 Å². The number of nitrogen functional groups attached to an aromatic ring is 1. The summed E-state index contributed by atoms with van der Waals surface area (Å²) in [6, 6.07) is 16.4. The molecule has 0 saturated carbocycles. The van der Waals surface area contributed by atoms with E-state index < -0.39 is 0 Å². The van der Waals surface area contributed by atoms with Crippen LogP contribution in [-0.4, -0.2) is 24.4 Å². The number of amides is 2. The SMILES string of the molecule is CCOc1cc2onc(N)c2c(-c2ccc(NC(=O)Nc3ccc(C)cc3)cc2)c1OCC. The van der Waals surface area contributed by atoms with Crippen molar-refractivity contribution in [3.05, 3.63) is 60.2 Å². The molecular weight excluding hydrogens is 420 g/mol. The largest absolute Gasteiger partial charge is 0.490 e. The topological polar surface area (TPSA) is 112 Å². The van der Waals surface area contributed by atoms with Gasteiger partial charge in [0.15, 0.2) is 22.9 Å². The normalized spacial score (nSPS) is 10.8. The Hall–Kier alpha value is -4.20. The lowest BCUT2D eigenvalue weighted by atomic mass is 9.99. The van der Waals surface area contributed by atoms with Crippen LogP contribution in [0.2, 0.25) is 0 Å². The van der Waals surface area contributed by atoms with Crippen LogP contribution >= 0.6 is 0 Å². The van der Waals surface area contributed by atoms with Crippen LogP contribution in [0.3, 0.4) is 0 Å². The quantitative estimate of drug-likeness (QED) is 0.329. The fourth-order valence-electron chi connectivity index (χ4n) is 3.56. The predicted molar refractivity (Wildman–Crippen MR) is 130 cm³/mol. The van der Waals surface area contributed by atoms with Gasteiger partial charge in [-0.05, 0) is 50.6 Å². The summed E-state index contributed by atoms with van der Waals surface area (Å²) in [5.41, 5.74) is 10.7. The fraction of sp³-hybridized carbons (Fsp3) is 0.200. The van der Waals surface area contributed by atoms with E-state index in [4.69, 9.17) is 19.7 Å². The second-order valence-electron chi connectivity index (χ2n) is 7.41. The molecule has 0 bridgehead atoms. The average molecular weight is 447 g/mol. The molecule has 0 saturated heterocycles. The molecule has 33 heavy (non-hydrogen) atoms. The molecule has 0 aliphatic rings. The van der Waals surface area contributed by atoms with Crippen LogP contribution in [-0.2, 0) is 0 Å². The number of rotatable bonds is 7. The van der Waals surface area contributed by atoms with E-state index in [1.54, 1.807) is 6.07 Å². The first-order valence-electron chi connectivity index (χ1n) is 10.7. The van der Waals surface area contributed by atoms with Crippen molar-refractivity contribution in [2.75, 3.05) is 29.6 Å². The third-order valence-electron chi connectivity index (χ3n) is 5.04. The molecule has 0 spiro atoms. The van der Waals surface area contributed by atoms with E-state index in [0.29, 0.717) is 47.1 Å². The summed E-state index contributed by atoms with van der Waals surface area (Å²) in [5.74, 6) is 1.39. The molecule has 0 aliphatic heterocycles. The molecule has 2 amide bonds. The molecule has 0 unspecified atom stereocenters. The lowest BCUT2D eigenvalue weighted by molar-refractivity contribution is 0.262. The number of hydrogen-bond donors (Lipinski definition) is 3. The Labute approximate surface area is 191 Å². The summed E-state index contributed by atoms with van der Waals surface area (Å²) < 4.78 is 17.1. The number of carbonyl (C=O) groups is 1. The predicted octanol–water partition coefficient (Wildman–Crippen LogP) is 5.83. The smallest absolute Gasteiger partial charge is 0.323 e. The lowest BCUT2D eigenvalue weighted by Gasteiger charge is -2.16. The number of fused-ring (bicyclic) bond motifs is 1. The summed E-state index contributed by atoms with van der Waals surface area (Å²) in [6.07, 6.45) is 0. The monoisotopic (exact) mass is 446 g/mol. The van der Waals surface area contributed by atoms with E-state index in [1.165, 1.54) is 0 Å². The highest BCUT2D eigenvalue weighted by Crippen LogP contribution is 2.46. The highest BCUT2D eigenvalue weighted by Gasteiger charge is 2.22. The minimum atomic E-state index is -0.328. The Kier molecular flexibility index (Phi) is 6.35. The Morgan fingerprint density at radius 1 is 0.970 bits per heavy atom. The van der Waals surface area contributed by atoms with Crippen LogP contribution in [0, 0.1) is 6.92 Å². The summed E-state index contributed by atoms with van der Waals surface area (Å²) in [4.78, 5) is 12.4. The van der Waals surface area contributed by atoms with Gasteiger partial charge in [-0.15, -0.1) is 0 Å². The highest BCUT2D eigenvalue weighted by atomic mass is 16.5. The van der Waals surface area contributed by atoms with Crippen molar-refractivity contribution in [1.29, 1.82) is 0 Å². The van der Waals surface area contributed by atoms with Gasteiger partial charge >= 0.3 is 6.03 Å². The van der Waals surface area contributed by atoms with Crippen LogP contribution in [0.15, 0.2) is 59.1 Å². The summed E-state index contributed by atoms with van der Waals surface area (Å²) in [5, 5.41) is 10.2. The number of benzene rings is 3. The van der Waals surface area contributed by atoms with Gasteiger partial charge in [-0.1, -0.05) is 35.0 Å². The number of nitrogens with one attached hydrogen (secondary N) is 2. The standard InChI is InChI=1S/C25H26N4O4/c1-4-31-20-14-19-22(24(26)29-33-19)21(23(20)32-5-2)16-8-12-18(13-9-16)28-25(30)27-17-10-6-15(3)7-11-17/h6-14H,4-5H2,1-3H3,(H2,26,29)(H2,27,28,30). The second-order valence-corrected chi connectivity index (χ2v) is 7.41. The zero-order valence-corrected chi connectivity index (χ0v) is 18.8. The molecule has 0 radical (unpaired) electrons. The number of urea groups is 1. The zero-order valence-electron chi connectivity index (χ0n) is 18.8. The molecule has 1 heterocycles. The van der Waals surface area contributed by atoms with E-state index in [0.717, 1.165) is 16.7 Å². The average Bonchev–Trinajstić information content (AvgIpc) is 3.17. The van der Waals surface area contributed by atoms with Gasteiger partial charge < -0.3 is 30.4 Å². The van der Waals surface area contributed by atoms with Gasteiger partial charge in [0.1, 0.15) is 0 Å². The van der Waals surface area contributed by atoms with Gasteiger partial charge in [-0.25, -0.2) is 4.79 Å². The van der Waals surface area contributed by atoms with E-state index in [-0.39, 0.29) is 11.8 Å².